The first kappa shape index (κ1) is 10.7. The quantitative estimate of drug-likeness (QED) is 0.824. The maximum atomic E-state index is 5.39. The van der Waals surface area contributed by atoms with E-state index in [1.807, 2.05) is 12.1 Å². The van der Waals surface area contributed by atoms with Gasteiger partial charge in [-0.2, -0.15) is 0 Å². The number of hydrogen-bond acceptors (Lipinski definition) is 3. The molecule has 1 aromatic heterocycles. The topological polar surface area (TPSA) is 28.4 Å². The third-order valence-corrected chi connectivity index (χ3v) is 3.17. The van der Waals surface area contributed by atoms with E-state index < -0.39 is 0 Å². The van der Waals surface area contributed by atoms with Crippen LogP contribution in [0.2, 0.25) is 0 Å². The van der Waals surface area contributed by atoms with Gasteiger partial charge in [0.15, 0.2) is 0 Å². The molecule has 0 unspecified atom stereocenters. The average Bonchev–Trinajstić information content (AvgIpc) is 2.74. The van der Waals surface area contributed by atoms with Crippen LogP contribution in [0.5, 0.6) is 0 Å². The van der Waals surface area contributed by atoms with E-state index in [0.717, 1.165) is 5.76 Å². The van der Waals surface area contributed by atoms with Gasteiger partial charge >= 0.3 is 0 Å². The Hall–Kier alpha value is -0.800. The van der Waals surface area contributed by atoms with E-state index in [1.54, 1.807) is 6.26 Å². The molecular weight excluding hydrogens is 188 g/mol. The number of nitrogens with one attached hydrogen (secondary N) is 1. The number of rotatable bonds is 3. The monoisotopic (exact) mass is 208 g/mol. The highest BCUT2D eigenvalue weighted by Crippen LogP contribution is 2.16. The molecule has 0 saturated carbocycles. The van der Waals surface area contributed by atoms with Gasteiger partial charge in [-0.1, -0.05) is 0 Å². The summed E-state index contributed by atoms with van der Waals surface area (Å²) < 4.78 is 5.39. The lowest BCUT2D eigenvalue weighted by molar-refractivity contribution is 0.222. The van der Waals surface area contributed by atoms with E-state index in [1.165, 1.54) is 25.9 Å². The predicted molar refractivity (Wildman–Crippen MR) is 60.8 cm³/mol. The number of piperidine rings is 1. The smallest absolute Gasteiger partial charge is 0.120 e. The van der Waals surface area contributed by atoms with Crippen LogP contribution in [0.4, 0.5) is 0 Å². The van der Waals surface area contributed by atoms with Crippen LogP contribution in [0.3, 0.4) is 0 Å². The Labute approximate surface area is 91.4 Å². The molecule has 0 spiro atoms. The molecule has 0 aromatic carbocycles. The van der Waals surface area contributed by atoms with E-state index in [9.17, 15) is 0 Å². The van der Waals surface area contributed by atoms with Crippen LogP contribution in [0, 0.1) is 0 Å². The second-order valence-electron chi connectivity index (χ2n) is 4.48. The van der Waals surface area contributed by atoms with Crippen molar-refractivity contribution in [3.05, 3.63) is 24.2 Å². The van der Waals surface area contributed by atoms with E-state index in [-0.39, 0.29) is 0 Å². The molecule has 0 radical (unpaired) electrons. The number of furan rings is 1. The first-order chi connectivity index (χ1) is 7.25. The van der Waals surface area contributed by atoms with Crippen LogP contribution in [-0.4, -0.2) is 31.1 Å². The van der Waals surface area contributed by atoms with Crippen molar-refractivity contribution in [1.29, 1.82) is 0 Å². The van der Waals surface area contributed by atoms with Crippen LogP contribution in [-0.2, 0) is 0 Å². The van der Waals surface area contributed by atoms with Gasteiger partial charge in [0.05, 0.1) is 12.3 Å². The molecule has 15 heavy (non-hydrogen) atoms. The molecule has 0 bridgehead atoms. The molecule has 1 aliphatic rings. The summed E-state index contributed by atoms with van der Waals surface area (Å²) in [6.07, 6.45) is 4.21. The summed E-state index contributed by atoms with van der Waals surface area (Å²) in [6.45, 7) is 4.56. The zero-order valence-corrected chi connectivity index (χ0v) is 9.57. The van der Waals surface area contributed by atoms with Gasteiger partial charge in [0, 0.05) is 6.04 Å². The van der Waals surface area contributed by atoms with Crippen molar-refractivity contribution >= 4 is 0 Å². The highest BCUT2D eigenvalue weighted by atomic mass is 16.3. The van der Waals surface area contributed by atoms with Gasteiger partial charge in [-0.25, -0.2) is 0 Å². The molecule has 3 nitrogen and oxygen atoms in total. The van der Waals surface area contributed by atoms with Crippen LogP contribution < -0.4 is 5.32 Å². The van der Waals surface area contributed by atoms with E-state index in [2.05, 4.69) is 24.2 Å². The molecule has 84 valence electrons. The summed E-state index contributed by atoms with van der Waals surface area (Å²) in [5, 5.41) is 3.62. The standard InChI is InChI=1S/C12H20N2O/c1-10(12-4-3-9-15-12)13-11-5-7-14(2)8-6-11/h3-4,9-11,13H,5-8H2,1-2H3/t10-/m1/s1. The molecule has 0 aliphatic carbocycles. The van der Waals surface area contributed by atoms with Gasteiger partial charge in [0.1, 0.15) is 5.76 Å². The van der Waals surface area contributed by atoms with Crippen molar-refractivity contribution in [3.63, 3.8) is 0 Å². The molecule has 2 rings (SSSR count). The van der Waals surface area contributed by atoms with Crippen LogP contribution >= 0.6 is 0 Å². The van der Waals surface area contributed by atoms with Gasteiger partial charge in [0.25, 0.3) is 0 Å². The minimum absolute atomic E-state index is 0.327. The summed E-state index contributed by atoms with van der Waals surface area (Å²) >= 11 is 0. The van der Waals surface area contributed by atoms with Gasteiger partial charge in [-0.15, -0.1) is 0 Å². The van der Waals surface area contributed by atoms with Crippen molar-refractivity contribution in [1.82, 2.24) is 10.2 Å². The first-order valence-electron chi connectivity index (χ1n) is 5.73. The molecular formula is C12H20N2O. The molecule has 1 aromatic rings. The Kier molecular flexibility index (Phi) is 3.44. The van der Waals surface area contributed by atoms with Crippen molar-refractivity contribution in [2.24, 2.45) is 0 Å². The minimum atomic E-state index is 0.327. The third kappa shape index (κ3) is 2.83. The lowest BCUT2D eigenvalue weighted by Crippen LogP contribution is -2.41. The third-order valence-electron chi connectivity index (χ3n) is 3.17. The van der Waals surface area contributed by atoms with Crippen molar-refractivity contribution < 1.29 is 4.42 Å². The fourth-order valence-corrected chi connectivity index (χ4v) is 2.15. The highest BCUT2D eigenvalue weighted by molar-refractivity contribution is 5.03. The van der Waals surface area contributed by atoms with E-state index >= 15 is 0 Å². The van der Waals surface area contributed by atoms with Crippen molar-refractivity contribution in [3.8, 4) is 0 Å². The van der Waals surface area contributed by atoms with Crippen molar-refractivity contribution in [2.45, 2.75) is 31.8 Å². The average molecular weight is 208 g/mol. The van der Waals surface area contributed by atoms with Crippen LogP contribution in [0.25, 0.3) is 0 Å². The summed E-state index contributed by atoms with van der Waals surface area (Å²) in [7, 11) is 2.19. The van der Waals surface area contributed by atoms with Crippen LogP contribution in [0.15, 0.2) is 22.8 Å². The first-order valence-corrected chi connectivity index (χ1v) is 5.73. The second kappa shape index (κ2) is 4.81. The number of nitrogens with zero attached hydrogens (tertiary/aromatic N) is 1. The molecule has 1 saturated heterocycles. The summed E-state index contributed by atoms with van der Waals surface area (Å²) in [4.78, 5) is 2.38. The molecule has 1 atom stereocenters. The highest BCUT2D eigenvalue weighted by Gasteiger charge is 2.19. The SMILES string of the molecule is C[C@@H](NC1CCN(C)CC1)c1ccco1. The Morgan fingerprint density at radius 1 is 1.47 bits per heavy atom. The Morgan fingerprint density at radius 2 is 2.20 bits per heavy atom. The van der Waals surface area contributed by atoms with Gasteiger partial charge < -0.3 is 14.6 Å². The fraction of sp³-hybridized carbons (Fsp3) is 0.667. The van der Waals surface area contributed by atoms with Crippen LogP contribution in [0.1, 0.15) is 31.6 Å². The molecule has 3 heteroatoms. The van der Waals surface area contributed by atoms with Gasteiger partial charge in [0.2, 0.25) is 0 Å². The maximum Gasteiger partial charge on any atom is 0.120 e. The molecule has 0 amide bonds. The van der Waals surface area contributed by atoms with Crippen molar-refractivity contribution in [2.75, 3.05) is 20.1 Å². The molecule has 2 heterocycles. The Balaban J connectivity index is 1.82. The molecule has 1 N–H and O–H groups in total. The normalized spacial score (nSPS) is 21.7. The van der Waals surface area contributed by atoms with E-state index in [0.29, 0.717) is 12.1 Å². The summed E-state index contributed by atoms with van der Waals surface area (Å²) in [5.41, 5.74) is 0. The maximum absolute atomic E-state index is 5.39. The second-order valence-corrected chi connectivity index (χ2v) is 4.48. The largest absolute Gasteiger partial charge is 0.468 e. The number of likely N-dealkylation sites (tertiary alicyclic amines) is 1. The Morgan fingerprint density at radius 3 is 2.80 bits per heavy atom. The lowest BCUT2D eigenvalue weighted by Gasteiger charge is -2.31. The lowest BCUT2D eigenvalue weighted by atomic mass is 10.0. The van der Waals surface area contributed by atoms with E-state index in [4.69, 9.17) is 4.42 Å². The zero-order valence-electron chi connectivity index (χ0n) is 9.57. The predicted octanol–water partition coefficient (Wildman–Crippen LogP) is 2.02. The summed E-state index contributed by atoms with van der Waals surface area (Å²) in [5.74, 6) is 1.04. The summed E-state index contributed by atoms with van der Waals surface area (Å²) in [6, 6.07) is 4.95. The van der Waals surface area contributed by atoms with Gasteiger partial charge in [-0.05, 0) is 52.0 Å². The number of hydrogen-bond donors (Lipinski definition) is 1. The zero-order chi connectivity index (χ0) is 10.7. The Bertz CT molecular complexity index is 276. The van der Waals surface area contributed by atoms with Gasteiger partial charge in [-0.3, -0.25) is 0 Å². The fourth-order valence-electron chi connectivity index (χ4n) is 2.15. The molecule has 1 aliphatic heterocycles. The minimum Gasteiger partial charge on any atom is -0.468 e. The molecule has 1 fully saturated rings.